The molecule has 1 unspecified atom stereocenters. The van der Waals surface area contributed by atoms with E-state index in [9.17, 15) is 4.39 Å². The number of hydrogen-bond donors (Lipinski definition) is 1. The molecule has 2 rings (SSSR count). The number of thiophene rings is 1. The number of benzene rings is 1. The minimum absolute atomic E-state index is 0.352. The van der Waals surface area contributed by atoms with Crippen LogP contribution in [-0.2, 0) is 0 Å². The molecule has 1 atom stereocenters. The van der Waals surface area contributed by atoms with Gasteiger partial charge in [0.25, 0.3) is 0 Å². The zero-order valence-electron chi connectivity index (χ0n) is 9.11. The van der Waals surface area contributed by atoms with E-state index < -0.39 is 6.04 Å². The van der Waals surface area contributed by atoms with Crippen molar-refractivity contribution in [1.82, 2.24) is 0 Å². The van der Waals surface area contributed by atoms with Gasteiger partial charge in [0, 0.05) is 9.85 Å². The summed E-state index contributed by atoms with van der Waals surface area (Å²) in [6, 6.07) is 4.16. The Hall–Kier alpha value is -0.910. The van der Waals surface area contributed by atoms with Gasteiger partial charge in [-0.15, -0.1) is 0 Å². The zero-order chi connectivity index (χ0) is 12.4. The van der Waals surface area contributed by atoms with Crippen LogP contribution in [0.15, 0.2) is 33.4 Å². The van der Waals surface area contributed by atoms with E-state index in [4.69, 9.17) is 10.5 Å². The lowest BCUT2D eigenvalue weighted by Crippen LogP contribution is -2.14. The molecule has 0 aliphatic heterocycles. The molecule has 0 aliphatic rings. The number of ether oxygens (including phenoxy) is 1. The molecule has 0 saturated heterocycles. The maximum absolute atomic E-state index is 13.8. The van der Waals surface area contributed by atoms with Crippen LogP contribution in [0.25, 0.3) is 0 Å². The third-order valence-electron chi connectivity index (χ3n) is 2.52. The van der Waals surface area contributed by atoms with Crippen LogP contribution in [0.2, 0.25) is 0 Å². The summed E-state index contributed by atoms with van der Waals surface area (Å²) >= 11 is 4.92. The van der Waals surface area contributed by atoms with Crippen LogP contribution in [-0.4, -0.2) is 7.11 Å². The molecule has 1 aromatic carbocycles. The number of halogens is 2. The van der Waals surface area contributed by atoms with E-state index in [0.29, 0.717) is 11.3 Å². The van der Waals surface area contributed by atoms with Crippen molar-refractivity contribution in [2.45, 2.75) is 6.04 Å². The Labute approximate surface area is 111 Å². The van der Waals surface area contributed by atoms with Crippen molar-refractivity contribution in [3.63, 3.8) is 0 Å². The van der Waals surface area contributed by atoms with Crippen molar-refractivity contribution in [2.24, 2.45) is 5.73 Å². The molecule has 1 heterocycles. The maximum atomic E-state index is 13.8. The van der Waals surface area contributed by atoms with E-state index in [1.807, 2.05) is 10.8 Å². The predicted molar refractivity (Wildman–Crippen MR) is 71.0 cm³/mol. The molecule has 0 spiro atoms. The first-order valence-corrected chi connectivity index (χ1v) is 6.68. The Kier molecular flexibility index (Phi) is 3.81. The first kappa shape index (κ1) is 12.5. The second kappa shape index (κ2) is 5.16. The normalized spacial score (nSPS) is 12.5. The molecule has 1 aromatic heterocycles. The van der Waals surface area contributed by atoms with Crippen molar-refractivity contribution in [3.8, 4) is 5.75 Å². The summed E-state index contributed by atoms with van der Waals surface area (Å²) in [5.41, 5.74) is 7.34. The third-order valence-corrected chi connectivity index (χ3v) is 4.27. The monoisotopic (exact) mass is 315 g/mol. The smallest absolute Gasteiger partial charge is 0.132 e. The molecular weight excluding hydrogens is 305 g/mol. The highest BCUT2D eigenvalue weighted by Crippen LogP contribution is 2.35. The van der Waals surface area contributed by atoms with Crippen LogP contribution < -0.4 is 10.5 Å². The van der Waals surface area contributed by atoms with Gasteiger partial charge in [0.2, 0.25) is 0 Å². The molecule has 0 amide bonds. The van der Waals surface area contributed by atoms with Gasteiger partial charge in [-0.2, -0.15) is 11.3 Å². The molecule has 2 aromatic rings. The molecule has 17 heavy (non-hydrogen) atoms. The van der Waals surface area contributed by atoms with Gasteiger partial charge in [-0.1, -0.05) is 6.07 Å². The summed E-state index contributed by atoms with van der Waals surface area (Å²) in [5, 5.41) is 3.82. The molecule has 0 aliphatic carbocycles. The summed E-state index contributed by atoms with van der Waals surface area (Å²) in [6.07, 6.45) is 0. The Morgan fingerprint density at radius 2 is 2.18 bits per heavy atom. The minimum atomic E-state index is -0.535. The Balaban J connectivity index is 2.50. The van der Waals surface area contributed by atoms with E-state index in [2.05, 4.69) is 15.9 Å². The highest BCUT2D eigenvalue weighted by molar-refractivity contribution is 9.10. The van der Waals surface area contributed by atoms with Crippen molar-refractivity contribution in [3.05, 3.63) is 50.4 Å². The lowest BCUT2D eigenvalue weighted by atomic mass is 10.0. The highest BCUT2D eigenvalue weighted by Gasteiger charge is 2.20. The SMILES string of the molecule is COc1cccc(F)c1C(N)c1cscc1Br. The van der Waals surface area contributed by atoms with E-state index in [0.717, 1.165) is 10.0 Å². The van der Waals surface area contributed by atoms with Gasteiger partial charge in [0.1, 0.15) is 11.6 Å². The number of hydrogen-bond acceptors (Lipinski definition) is 3. The largest absolute Gasteiger partial charge is 0.496 e. The molecule has 0 bridgehead atoms. The Bertz CT molecular complexity index is 529. The number of methoxy groups -OCH3 is 1. The average Bonchev–Trinajstić information content (AvgIpc) is 2.74. The second-order valence-electron chi connectivity index (χ2n) is 3.51. The predicted octanol–water partition coefficient (Wildman–Crippen LogP) is 3.71. The van der Waals surface area contributed by atoms with Gasteiger partial charge in [-0.05, 0) is 39.0 Å². The molecule has 5 heteroatoms. The Morgan fingerprint density at radius 3 is 2.76 bits per heavy atom. The van der Waals surface area contributed by atoms with E-state index >= 15 is 0 Å². The van der Waals surface area contributed by atoms with Crippen molar-refractivity contribution < 1.29 is 9.13 Å². The second-order valence-corrected chi connectivity index (χ2v) is 5.11. The lowest BCUT2D eigenvalue weighted by molar-refractivity contribution is 0.402. The van der Waals surface area contributed by atoms with Crippen LogP contribution in [0.3, 0.4) is 0 Å². The van der Waals surface area contributed by atoms with E-state index in [1.54, 1.807) is 12.1 Å². The van der Waals surface area contributed by atoms with Gasteiger partial charge >= 0.3 is 0 Å². The van der Waals surface area contributed by atoms with Crippen LogP contribution in [0, 0.1) is 5.82 Å². The molecule has 0 saturated carbocycles. The van der Waals surface area contributed by atoms with Crippen molar-refractivity contribution >= 4 is 27.3 Å². The molecular formula is C12H11BrFNOS. The summed E-state index contributed by atoms with van der Waals surface area (Å²) < 4.78 is 19.9. The summed E-state index contributed by atoms with van der Waals surface area (Å²) in [7, 11) is 1.51. The Morgan fingerprint density at radius 1 is 1.41 bits per heavy atom. The standard InChI is InChI=1S/C12H11BrFNOS/c1-16-10-4-2-3-9(14)11(10)12(15)7-5-17-6-8(7)13/h2-6,12H,15H2,1H3. The van der Waals surface area contributed by atoms with E-state index in [-0.39, 0.29) is 5.82 Å². The summed E-state index contributed by atoms with van der Waals surface area (Å²) in [6.45, 7) is 0. The molecule has 0 fully saturated rings. The van der Waals surface area contributed by atoms with Crippen molar-refractivity contribution in [1.29, 1.82) is 0 Å². The number of nitrogens with two attached hydrogens (primary N) is 1. The minimum Gasteiger partial charge on any atom is -0.496 e. The third kappa shape index (κ3) is 2.36. The molecule has 2 nitrogen and oxygen atoms in total. The fourth-order valence-corrected chi connectivity index (χ4v) is 3.25. The average molecular weight is 316 g/mol. The molecule has 90 valence electrons. The zero-order valence-corrected chi connectivity index (χ0v) is 11.5. The van der Waals surface area contributed by atoms with Crippen LogP contribution in [0.4, 0.5) is 4.39 Å². The quantitative estimate of drug-likeness (QED) is 0.937. The fraction of sp³-hybridized carbons (Fsp3) is 0.167. The first-order valence-electron chi connectivity index (χ1n) is 4.94. The first-order chi connectivity index (χ1) is 8.15. The summed E-state index contributed by atoms with van der Waals surface area (Å²) in [5.74, 6) is 0.116. The number of rotatable bonds is 3. The van der Waals surface area contributed by atoms with Gasteiger partial charge in [-0.3, -0.25) is 0 Å². The van der Waals surface area contributed by atoms with Gasteiger partial charge in [0.15, 0.2) is 0 Å². The highest BCUT2D eigenvalue weighted by atomic mass is 79.9. The lowest BCUT2D eigenvalue weighted by Gasteiger charge is -2.16. The van der Waals surface area contributed by atoms with Crippen LogP contribution >= 0.6 is 27.3 Å². The van der Waals surface area contributed by atoms with Crippen molar-refractivity contribution in [2.75, 3.05) is 7.11 Å². The molecule has 2 N–H and O–H groups in total. The van der Waals surface area contributed by atoms with Crippen LogP contribution in [0.5, 0.6) is 5.75 Å². The van der Waals surface area contributed by atoms with Crippen LogP contribution in [0.1, 0.15) is 17.2 Å². The maximum Gasteiger partial charge on any atom is 0.132 e. The summed E-state index contributed by atoms with van der Waals surface area (Å²) in [4.78, 5) is 0. The fourth-order valence-electron chi connectivity index (χ4n) is 1.67. The molecule has 0 radical (unpaired) electrons. The van der Waals surface area contributed by atoms with E-state index in [1.165, 1.54) is 24.5 Å². The van der Waals surface area contributed by atoms with Gasteiger partial charge < -0.3 is 10.5 Å². The topological polar surface area (TPSA) is 35.2 Å². The van der Waals surface area contributed by atoms with Gasteiger partial charge in [0.05, 0.1) is 18.7 Å². The van der Waals surface area contributed by atoms with Gasteiger partial charge in [-0.25, -0.2) is 4.39 Å².